The molecule has 0 aliphatic carbocycles. The predicted molar refractivity (Wildman–Crippen MR) is 79.7 cm³/mol. The fourth-order valence-corrected chi connectivity index (χ4v) is 2.95. The van der Waals surface area contributed by atoms with Gasteiger partial charge in [0.2, 0.25) is 10.0 Å². The van der Waals surface area contributed by atoms with Gasteiger partial charge >= 0.3 is 0 Å². The van der Waals surface area contributed by atoms with E-state index in [1.807, 2.05) is 31.3 Å². The molecular formula is C13H19N5O2S. The van der Waals surface area contributed by atoms with Crippen LogP contribution in [0.5, 0.6) is 0 Å². The molecule has 2 rings (SSSR count). The van der Waals surface area contributed by atoms with Crippen molar-refractivity contribution >= 4 is 10.0 Å². The SMILES string of the molecule is CNCc1ccc(CS(=O)(=O)NCc2ncn(C)n2)cc1. The minimum Gasteiger partial charge on any atom is -0.316 e. The zero-order chi connectivity index (χ0) is 15.3. The summed E-state index contributed by atoms with van der Waals surface area (Å²) >= 11 is 0. The second-order valence-electron chi connectivity index (χ2n) is 4.76. The summed E-state index contributed by atoms with van der Waals surface area (Å²) in [5.41, 5.74) is 1.86. The lowest BCUT2D eigenvalue weighted by Crippen LogP contribution is -2.25. The van der Waals surface area contributed by atoms with Crippen LogP contribution in [-0.2, 0) is 35.9 Å². The van der Waals surface area contributed by atoms with E-state index < -0.39 is 10.0 Å². The van der Waals surface area contributed by atoms with Crippen LogP contribution in [0.2, 0.25) is 0 Å². The van der Waals surface area contributed by atoms with E-state index in [4.69, 9.17) is 0 Å². The van der Waals surface area contributed by atoms with Crippen molar-refractivity contribution < 1.29 is 8.42 Å². The summed E-state index contributed by atoms with van der Waals surface area (Å²) in [5.74, 6) is 0.394. The van der Waals surface area contributed by atoms with Gasteiger partial charge in [0.1, 0.15) is 6.33 Å². The number of nitrogens with zero attached hydrogens (tertiary/aromatic N) is 3. The molecule has 0 bridgehead atoms. The predicted octanol–water partition coefficient (Wildman–Crippen LogP) is 0.154. The van der Waals surface area contributed by atoms with Crippen LogP contribution in [-0.4, -0.2) is 30.2 Å². The molecule has 21 heavy (non-hydrogen) atoms. The maximum absolute atomic E-state index is 12.0. The fourth-order valence-electron chi connectivity index (χ4n) is 1.87. The van der Waals surface area contributed by atoms with Crippen molar-refractivity contribution in [3.05, 3.63) is 47.5 Å². The smallest absolute Gasteiger partial charge is 0.216 e. The topological polar surface area (TPSA) is 88.9 Å². The van der Waals surface area contributed by atoms with Crippen LogP contribution in [0, 0.1) is 0 Å². The van der Waals surface area contributed by atoms with Crippen LogP contribution in [0.3, 0.4) is 0 Å². The highest BCUT2D eigenvalue weighted by Crippen LogP contribution is 2.08. The Morgan fingerprint density at radius 3 is 2.38 bits per heavy atom. The Labute approximate surface area is 124 Å². The first-order valence-electron chi connectivity index (χ1n) is 6.53. The van der Waals surface area contributed by atoms with Gasteiger partial charge in [0, 0.05) is 13.6 Å². The Morgan fingerprint density at radius 2 is 1.81 bits per heavy atom. The van der Waals surface area contributed by atoms with E-state index in [0.717, 1.165) is 17.7 Å². The van der Waals surface area contributed by atoms with Crippen molar-refractivity contribution in [3.63, 3.8) is 0 Å². The van der Waals surface area contributed by atoms with Gasteiger partial charge in [0.25, 0.3) is 0 Å². The number of sulfonamides is 1. The van der Waals surface area contributed by atoms with E-state index in [1.165, 1.54) is 11.0 Å². The molecule has 7 nitrogen and oxygen atoms in total. The van der Waals surface area contributed by atoms with Crippen LogP contribution >= 0.6 is 0 Å². The molecule has 114 valence electrons. The van der Waals surface area contributed by atoms with Crippen molar-refractivity contribution in [2.45, 2.75) is 18.8 Å². The standard InChI is InChI=1S/C13H19N5O2S/c1-14-7-11-3-5-12(6-4-11)9-21(19,20)16-8-13-15-10-18(2)17-13/h3-6,10,14,16H,7-9H2,1-2H3. The van der Waals surface area contributed by atoms with E-state index in [0.29, 0.717) is 5.82 Å². The third-order valence-corrected chi connectivity index (χ3v) is 4.16. The van der Waals surface area contributed by atoms with Gasteiger partial charge in [-0.05, 0) is 18.2 Å². The number of rotatable bonds is 7. The van der Waals surface area contributed by atoms with Crippen molar-refractivity contribution in [2.75, 3.05) is 7.05 Å². The molecule has 0 aliphatic rings. The molecule has 1 aromatic carbocycles. The molecule has 0 saturated heterocycles. The molecule has 1 heterocycles. The number of benzene rings is 1. The molecule has 0 amide bonds. The Kier molecular flexibility index (Phi) is 5.05. The molecular weight excluding hydrogens is 290 g/mol. The third-order valence-electron chi connectivity index (χ3n) is 2.86. The minimum absolute atomic E-state index is 0.0559. The first-order chi connectivity index (χ1) is 9.98. The van der Waals surface area contributed by atoms with Crippen molar-refractivity contribution in [1.29, 1.82) is 0 Å². The lowest BCUT2D eigenvalue weighted by molar-refractivity contribution is 0.577. The molecule has 2 aromatic rings. The zero-order valence-corrected chi connectivity index (χ0v) is 12.9. The molecule has 0 saturated carbocycles. The second kappa shape index (κ2) is 6.79. The summed E-state index contributed by atoms with van der Waals surface area (Å²) in [7, 11) is 0.199. The molecule has 2 N–H and O–H groups in total. The van der Waals surface area contributed by atoms with E-state index in [1.54, 1.807) is 7.05 Å². The molecule has 0 spiro atoms. The highest BCUT2D eigenvalue weighted by Gasteiger charge is 2.12. The number of nitrogens with one attached hydrogen (secondary N) is 2. The third kappa shape index (κ3) is 4.92. The van der Waals surface area contributed by atoms with Gasteiger partial charge in [-0.15, -0.1) is 0 Å². The molecule has 8 heteroatoms. The quantitative estimate of drug-likeness (QED) is 0.760. The summed E-state index contributed by atoms with van der Waals surface area (Å²) < 4.78 is 28.0. The Hall–Kier alpha value is -1.77. The van der Waals surface area contributed by atoms with Crippen LogP contribution in [0.4, 0.5) is 0 Å². The van der Waals surface area contributed by atoms with Crippen LogP contribution in [0.1, 0.15) is 17.0 Å². The second-order valence-corrected chi connectivity index (χ2v) is 6.57. The van der Waals surface area contributed by atoms with E-state index >= 15 is 0 Å². The number of hydrogen-bond acceptors (Lipinski definition) is 5. The number of hydrogen-bond donors (Lipinski definition) is 2. The molecule has 0 atom stereocenters. The maximum Gasteiger partial charge on any atom is 0.216 e. The van der Waals surface area contributed by atoms with Crippen molar-refractivity contribution in [3.8, 4) is 0 Å². The molecule has 0 unspecified atom stereocenters. The van der Waals surface area contributed by atoms with Gasteiger partial charge in [-0.2, -0.15) is 5.10 Å². The van der Waals surface area contributed by atoms with Gasteiger partial charge < -0.3 is 5.32 Å². The van der Waals surface area contributed by atoms with Gasteiger partial charge in [-0.25, -0.2) is 18.1 Å². The lowest BCUT2D eigenvalue weighted by atomic mass is 10.1. The van der Waals surface area contributed by atoms with Crippen LogP contribution in [0.25, 0.3) is 0 Å². The van der Waals surface area contributed by atoms with E-state index in [9.17, 15) is 8.42 Å². The van der Waals surface area contributed by atoms with Gasteiger partial charge in [0.15, 0.2) is 5.82 Å². The summed E-state index contributed by atoms with van der Waals surface area (Å²) in [6.45, 7) is 0.859. The molecule has 1 aromatic heterocycles. The normalized spacial score (nSPS) is 11.7. The fraction of sp³-hybridized carbons (Fsp3) is 0.385. The Bertz CT molecular complexity index is 679. The molecule has 0 radical (unpaired) electrons. The van der Waals surface area contributed by atoms with Gasteiger partial charge in [-0.3, -0.25) is 4.68 Å². The zero-order valence-electron chi connectivity index (χ0n) is 12.1. The molecule has 0 aliphatic heterocycles. The van der Waals surface area contributed by atoms with Crippen LogP contribution in [0.15, 0.2) is 30.6 Å². The Morgan fingerprint density at radius 1 is 1.14 bits per heavy atom. The average molecular weight is 309 g/mol. The molecule has 0 fully saturated rings. The van der Waals surface area contributed by atoms with Gasteiger partial charge in [0.05, 0.1) is 12.3 Å². The first-order valence-corrected chi connectivity index (χ1v) is 8.18. The summed E-state index contributed by atoms with van der Waals surface area (Å²) in [4.78, 5) is 3.98. The Balaban J connectivity index is 1.93. The van der Waals surface area contributed by atoms with E-state index in [-0.39, 0.29) is 12.3 Å². The van der Waals surface area contributed by atoms with Crippen molar-refractivity contribution in [2.24, 2.45) is 7.05 Å². The highest BCUT2D eigenvalue weighted by atomic mass is 32.2. The monoisotopic (exact) mass is 309 g/mol. The first kappa shape index (κ1) is 15.6. The largest absolute Gasteiger partial charge is 0.316 e. The number of aryl methyl sites for hydroxylation is 1. The average Bonchev–Trinajstić information content (AvgIpc) is 2.85. The summed E-state index contributed by atoms with van der Waals surface area (Å²) in [5, 5.41) is 7.07. The van der Waals surface area contributed by atoms with Crippen molar-refractivity contribution in [1.82, 2.24) is 24.8 Å². The van der Waals surface area contributed by atoms with E-state index in [2.05, 4.69) is 20.1 Å². The minimum atomic E-state index is -3.40. The number of aromatic nitrogens is 3. The maximum atomic E-state index is 12.0. The highest BCUT2D eigenvalue weighted by molar-refractivity contribution is 7.88. The van der Waals surface area contributed by atoms with Crippen LogP contribution < -0.4 is 10.0 Å². The van der Waals surface area contributed by atoms with Gasteiger partial charge in [-0.1, -0.05) is 24.3 Å². The summed E-state index contributed by atoms with van der Waals surface area (Å²) in [6.07, 6.45) is 1.53. The lowest BCUT2D eigenvalue weighted by Gasteiger charge is -2.06. The summed E-state index contributed by atoms with van der Waals surface area (Å²) in [6, 6.07) is 7.49.